The van der Waals surface area contributed by atoms with Gasteiger partial charge in [-0.25, -0.2) is 0 Å². The van der Waals surface area contributed by atoms with E-state index in [1.807, 2.05) is 13.8 Å². The normalized spacial score (nSPS) is 17.0. The zero-order chi connectivity index (χ0) is 11.6. The molecule has 0 radical (unpaired) electrons. The summed E-state index contributed by atoms with van der Waals surface area (Å²) in [6.07, 6.45) is 3.51. The van der Waals surface area contributed by atoms with Crippen molar-refractivity contribution in [3.8, 4) is 0 Å². The van der Waals surface area contributed by atoms with Crippen LogP contribution >= 0.6 is 11.3 Å². The van der Waals surface area contributed by atoms with Crippen LogP contribution in [0.5, 0.6) is 0 Å². The third kappa shape index (κ3) is 3.89. The van der Waals surface area contributed by atoms with Crippen LogP contribution in [0.3, 0.4) is 0 Å². The Hall–Kier alpha value is -0.380. The van der Waals surface area contributed by atoms with Gasteiger partial charge < -0.3 is 5.11 Å². The Bertz CT molecular complexity index is 311. The fourth-order valence-electron chi connectivity index (χ4n) is 1.86. The van der Waals surface area contributed by atoms with Crippen LogP contribution in [0.1, 0.15) is 38.7 Å². The molecule has 1 aromatic heterocycles. The molecule has 1 heterocycles. The molecule has 1 saturated carbocycles. The minimum Gasteiger partial charge on any atom is -0.390 e. The Labute approximate surface area is 102 Å². The first-order valence-electron chi connectivity index (χ1n) is 6.02. The van der Waals surface area contributed by atoms with Crippen molar-refractivity contribution in [2.75, 3.05) is 6.54 Å². The van der Waals surface area contributed by atoms with Crippen LogP contribution in [0.4, 0.5) is 0 Å². The molecule has 16 heavy (non-hydrogen) atoms. The number of rotatable bonds is 6. The summed E-state index contributed by atoms with van der Waals surface area (Å²) >= 11 is 1.76. The summed E-state index contributed by atoms with van der Waals surface area (Å²) in [6, 6.07) is 2.96. The van der Waals surface area contributed by atoms with Crippen molar-refractivity contribution >= 4 is 11.3 Å². The molecular formula is C13H21NOS. The topological polar surface area (TPSA) is 23.5 Å². The maximum Gasteiger partial charge on any atom is 0.0603 e. The van der Waals surface area contributed by atoms with Gasteiger partial charge in [0.2, 0.25) is 0 Å². The fourth-order valence-corrected chi connectivity index (χ4v) is 2.52. The maximum absolute atomic E-state index is 9.77. The van der Waals surface area contributed by atoms with Crippen LogP contribution in [-0.4, -0.2) is 28.2 Å². The Kier molecular flexibility index (Phi) is 3.67. The molecule has 1 aromatic rings. The molecule has 1 fully saturated rings. The number of hydrogen-bond acceptors (Lipinski definition) is 3. The first-order chi connectivity index (χ1) is 7.54. The molecule has 0 spiro atoms. The van der Waals surface area contributed by atoms with Crippen LogP contribution in [0, 0.1) is 0 Å². The maximum atomic E-state index is 9.77. The van der Waals surface area contributed by atoms with E-state index in [9.17, 15) is 5.11 Å². The fraction of sp³-hybridized carbons (Fsp3) is 0.692. The predicted molar refractivity (Wildman–Crippen MR) is 68.7 cm³/mol. The average molecular weight is 239 g/mol. The van der Waals surface area contributed by atoms with E-state index in [2.05, 4.69) is 21.7 Å². The molecule has 0 amide bonds. The summed E-state index contributed by atoms with van der Waals surface area (Å²) in [7, 11) is 0. The summed E-state index contributed by atoms with van der Waals surface area (Å²) in [5, 5.41) is 14.1. The summed E-state index contributed by atoms with van der Waals surface area (Å²) in [5.41, 5.74) is 0.870. The Morgan fingerprint density at radius 3 is 2.75 bits per heavy atom. The molecule has 0 unspecified atom stereocenters. The van der Waals surface area contributed by atoms with Crippen molar-refractivity contribution in [2.45, 2.75) is 51.3 Å². The van der Waals surface area contributed by atoms with Gasteiger partial charge >= 0.3 is 0 Å². The molecule has 1 aliphatic carbocycles. The van der Waals surface area contributed by atoms with Crippen molar-refractivity contribution in [3.05, 3.63) is 22.4 Å². The standard InChI is InChI=1S/C13H21NOS/c1-13(2,15)6-7-14(12-3-4-12)9-11-5-8-16-10-11/h5,8,10,12,15H,3-4,6-7,9H2,1-2H3. The van der Waals surface area contributed by atoms with Crippen molar-refractivity contribution in [1.82, 2.24) is 4.90 Å². The largest absolute Gasteiger partial charge is 0.390 e. The molecule has 0 bridgehead atoms. The number of nitrogens with zero attached hydrogens (tertiary/aromatic N) is 1. The van der Waals surface area contributed by atoms with Gasteiger partial charge in [0.15, 0.2) is 0 Å². The van der Waals surface area contributed by atoms with Gasteiger partial charge in [0.25, 0.3) is 0 Å². The molecule has 0 saturated heterocycles. The van der Waals surface area contributed by atoms with E-state index >= 15 is 0 Å². The number of thiophene rings is 1. The lowest BCUT2D eigenvalue weighted by molar-refractivity contribution is 0.0553. The summed E-state index contributed by atoms with van der Waals surface area (Å²) in [5.74, 6) is 0. The lowest BCUT2D eigenvalue weighted by Crippen LogP contribution is -2.32. The second-order valence-electron chi connectivity index (χ2n) is 5.40. The average Bonchev–Trinajstić information content (AvgIpc) is 2.90. The third-order valence-corrected chi connectivity index (χ3v) is 3.77. The van der Waals surface area contributed by atoms with E-state index in [4.69, 9.17) is 0 Å². The van der Waals surface area contributed by atoms with E-state index in [1.165, 1.54) is 18.4 Å². The highest BCUT2D eigenvalue weighted by molar-refractivity contribution is 7.07. The molecule has 1 N–H and O–H groups in total. The van der Waals surface area contributed by atoms with Gasteiger partial charge in [-0.05, 0) is 55.5 Å². The van der Waals surface area contributed by atoms with Gasteiger partial charge in [0.05, 0.1) is 5.60 Å². The first-order valence-corrected chi connectivity index (χ1v) is 6.96. The minimum atomic E-state index is -0.540. The van der Waals surface area contributed by atoms with E-state index < -0.39 is 5.60 Å². The molecule has 2 nitrogen and oxygen atoms in total. The molecule has 3 heteroatoms. The van der Waals surface area contributed by atoms with Crippen LogP contribution in [0.25, 0.3) is 0 Å². The molecule has 90 valence electrons. The quantitative estimate of drug-likeness (QED) is 0.825. The van der Waals surface area contributed by atoms with Crippen molar-refractivity contribution in [3.63, 3.8) is 0 Å². The molecule has 1 aliphatic rings. The summed E-state index contributed by atoms with van der Waals surface area (Å²) in [4.78, 5) is 2.51. The van der Waals surface area contributed by atoms with E-state index in [0.717, 1.165) is 25.6 Å². The van der Waals surface area contributed by atoms with Crippen LogP contribution in [0.2, 0.25) is 0 Å². The third-order valence-electron chi connectivity index (χ3n) is 3.04. The monoisotopic (exact) mass is 239 g/mol. The van der Waals surface area contributed by atoms with Gasteiger partial charge in [-0.3, -0.25) is 4.90 Å². The van der Waals surface area contributed by atoms with Gasteiger partial charge in [-0.2, -0.15) is 11.3 Å². The Morgan fingerprint density at radius 1 is 1.50 bits per heavy atom. The molecule has 0 atom stereocenters. The predicted octanol–water partition coefficient (Wildman–Crippen LogP) is 2.87. The van der Waals surface area contributed by atoms with Gasteiger partial charge in [0.1, 0.15) is 0 Å². The highest BCUT2D eigenvalue weighted by Gasteiger charge is 2.29. The summed E-state index contributed by atoms with van der Waals surface area (Å²) in [6.45, 7) is 5.83. The molecule has 2 rings (SSSR count). The highest BCUT2D eigenvalue weighted by atomic mass is 32.1. The zero-order valence-corrected chi connectivity index (χ0v) is 11.0. The van der Waals surface area contributed by atoms with E-state index in [0.29, 0.717) is 0 Å². The van der Waals surface area contributed by atoms with Crippen molar-refractivity contribution in [1.29, 1.82) is 0 Å². The van der Waals surface area contributed by atoms with Crippen LogP contribution in [-0.2, 0) is 6.54 Å². The zero-order valence-electron chi connectivity index (χ0n) is 10.1. The molecule has 0 aromatic carbocycles. The summed E-state index contributed by atoms with van der Waals surface area (Å²) < 4.78 is 0. The SMILES string of the molecule is CC(C)(O)CCN(Cc1ccsc1)C1CC1. The van der Waals surface area contributed by atoms with Crippen molar-refractivity contribution < 1.29 is 5.11 Å². The number of aliphatic hydroxyl groups is 1. The molecule has 0 aliphatic heterocycles. The van der Waals surface area contributed by atoms with E-state index in [1.54, 1.807) is 11.3 Å². The molecular weight excluding hydrogens is 218 g/mol. The smallest absolute Gasteiger partial charge is 0.0603 e. The Balaban J connectivity index is 1.85. The van der Waals surface area contributed by atoms with E-state index in [-0.39, 0.29) is 0 Å². The van der Waals surface area contributed by atoms with Gasteiger partial charge in [0, 0.05) is 19.1 Å². The lowest BCUT2D eigenvalue weighted by Gasteiger charge is -2.25. The number of hydrogen-bond donors (Lipinski definition) is 1. The van der Waals surface area contributed by atoms with Crippen LogP contribution in [0.15, 0.2) is 16.8 Å². The highest BCUT2D eigenvalue weighted by Crippen LogP contribution is 2.29. The van der Waals surface area contributed by atoms with Gasteiger partial charge in [-0.15, -0.1) is 0 Å². The van der Waals surface area contributed by atoms with Gasteiger partial charge in [-0.1, -0.05) is 0 Å². The van der Waals surface area contributed by atoms with Crippen LogP contribution < -0.4 is 0 Å². The lowest BCUT2D eigenvalue weighted by atomic mass is 10.1. The minimum absolute atomic E-state index is 0.540. The second-order valence-corrected chi connectivity index (χ2v) is 6.18. The Morgan fingerprint density at radius 2 is 2.25 bits per heavy atom. The van der Waals surface area contributed by atoms with Crippen molar-refractivity contribution in [2.24, 2.45) is 0 Å². The first kappa shape index (κ1) is 12.1. The second kappa shape index (κ2) is 4.86.